The van der Waals surface area contributed by atoms with Gasteiger partial charge in [0, 0.05) is 4.47 Å². The zero-order valence-electron chi connectivity index (χ0n) is 10.1. The van der Waals surface area contributed by atoms with Crippen LogP contribution in [0.2, 0.25) is 5.02 Å². The lowest BCUT2D eigenvalue weighted by atomic mass is 10.2. The van der Waals surface area contributed by atoms with Crippen LogP contribution in [0.5, 0.6) is 11.5 Å². The molecule has 0 aromatic heterocycles. The van der Waals surface area contributed by atoms with Crippen molar-refractivity contribution in [3.8, 4) is 11.5 Å². The Kier molecular flexibility index (Phi) is 4.45. The van der Waals surface area contributed by atoms with Crippen molar-refractivity contribution in [2.24, 2.45) is 5.73 Å². The van der Waals surface area contributed by atoms with Crippen LogP contribution in [0.15, 0.2) is 40.9 Å². The van der Waals surface area contributed by atoms with Crippen molar-refractivity contribution in [3.05, 3.63) is 57.0 Å². The number of halogens is 2. The highest BCUT2D eigenvalue weighted by Gasteiger charge is 2.10. The first-order valence-corrected chi connectivity index (χ1v) is 7.08. The number of benzene rings is 2. The van der Waals surface area contributed by atoms with Gasteiger partial charge in [0.15, 0.2) is 0 Å². The van der Waals surface area contributed by atoms with E-state index >= 15 is 0 Å². The molecule has 0 spiro atoms. The Bertz CT molecular complexity index is 645. The van der Waals surface area contributed by atoms with E-state index in [9.17, 15) is 0 Å². The summed E-state index contributed by atoms with van der Waals surface area (Å²) in [5.74, 6) is 1.17. The molecule has 98 valence electrons. The quantitative estimate of drug-likeness (QED) is 0.799. The third kappa shape index (κ3) is 3.47. The molecule has 0 aliphatic heterocycles. The van der Waals surface area contributed by atoms with Gasteiger partial charge in [-0.25, -0.2) is 0 Å². The summed E-state index contributed by atoms with van der Waals surface area (Å²) in [5.41, 5.74) is 7.43. The number of ether oxygens (including phenoxy) is 1. The van der Waals surface area contributed by atoms with Gasteiger partial charge in [-0.3, -0.25) is 0 Å². The first-order chi connectivity index (χ1) is 8.97. The molecular formula is C14H11BrClNOS. The number of nitrogens with two attached hydrogens (primary N) is 1. The number of thiocarbonyl (C=S) groups is 1. The molecule has 0 atom stereocenters. The first-order valence-electron chi connectivity index (χ1n) is 5.51. The minimum Gasteiger partial charge on any atom is -0.455 e. The Morgan fingerprint density at radius 2 is 1.95 bits per heavy atom. The maximum Gasteiger partial charge on any atom is 0.146 e. The molecule has 0 amide bonds. The minimum atomic E-state index is 0.278. The molecule has 2 aromatic rings. The van der Waals surface area contributed by atoms with Crippen LogP contribution in [0.3, 0.4) is 0 Å². The third-order valence-corrected chi connectivity index (χ3v) is 3.54. The molecule has 2 rings (SSSR count). The van der Waals surface area contributed by atoms with E-state index in [1.807, 2.05) is 31.2 Å². The van der Waals surface area contributed by atoms with E-state index in [-0.39, 0.29) is 4.99 Å². The maximum absolute atomic E-state index is 6.11. The van der Waals surface area contributed by atoms with E-state index in [1.165, 1.54) is 0 Å². The van der Waals surface area contributed by atoms with Gasteiger partial charge in [-0.15, -0.1) is 0 Å². The fraction of sp³-hybridized carbons (Fsp3) is 0.0714. The lowest BCUT2D eigenvalue weighted by Gasteiger charge is -2.12. The second kappa shape index (κ2) is 5.90. The summed E-state index contributed by atoms with van der Waals surface area (Å²) in [5, 5.41) is 0.544. The summed E-state index contributed by atoms with van der Waals surface area (Å²) in [4.78, 5) is 0.278. The zero-order valence-corrected chi connectivity index (χ0v) is 13.3. The van der Waals surface area contributed by atoms with E-state index in [0.717, 1.165) is 10.0 Å². The predicted molar refractivity (Wildman–Crippen MR) is 86.3 cm³/mol. The molecule has 0 saturated heterocycles. The van der Waals surface area contributed by atoms with Gasteiger partial charge in [-0.1, -0.05) is 45.8 Å². The number of hydrogen-bond acceptors (Lipinski definition) is 2. The van der Waals surface area contributed by atoms with Crippen molar-refractivity contribution in [1.82, 2.24) is 0 Å². The van der Waals surface area contributed by atoms with E-state index in [1.54, 1.807) is 12.1 Å². The highest BCUT2D eigenvalue weighted by atomic mass is 79.9. The SMILES string of the molecule is Cc1ccc(Cl)c(Oc2ccc(Br)cc2C(N)=S)c1. The van der Waals surface area contributed by atoms with Gasteiger partial charge >= 0.3 is 0 Å². The Morgan fingerprint density at radius 3 is 2.63 bits per heavy atom. The lowest BCUT2D eigenvalue weighted by molar-refractivity contribution is 0.481. The first kappa shape index (κ1) is 14.3. The molecule has 0 heterocycles. The second-order valence-electron chi connectivity index (χ2n) is 4.04. The third-order valence-electron chi connectivity index (χ3n) is 2.51. The van der Waals surface area contributed by atoms with Gasteiger partial charge in [-0.2, -0.15) is 0 Å². The maximum atomic E-state index is 6.11. The van der Waals surface area contributed by atoms with Crippen molar-refractivity contribution in [2.75, 3.05) is 0 Å². The van der Waals surface area contributed by atoms with Crippen molar-refractivity contribution in [1.29, 1.82) is 0 Å². The molecule has 0 fully saturated rings. The zero-order chi connectivity index (χ0) is 14.0. The van der Waals surface area contributed by atoms with Crippen LogP contribution < -0.4 is 10.5 Å². The van der Waals surface area contributed by atoms with Crippen molar-refractivity contribution in [2.45, 2.75) is 6.92 Å². The van der Waals surface area contributed by atoms with Crippen molar-refractivity contribution >= 4 is 44.7 Å². The molecule has 0 radical (unpaired) electrons. The van der Waals surface area contributed by atoms with Gasteiger partial charge in [0.05, 0.1) is 10.6 Å². The van der Waals surface area contributed by atoms with Crippen LogP contribution in [0.4, 0.5) is 0 Å². The molecule has 0 saturated carbocycles. The number of aryl methyl sites for hydroxylation is 1. The van der Waals surface area contributed by atoms with Crippen molar-refractivity contribution in [3.63, 3.8) is 0 Å². The van der Waals surface area contributed by atoms with E-state index in [0.29, 0.717) is 22.1 Å². The lowest BCUT2D eigenvalue weighted by Crippen LogP contribution is -2.10. The summed E-state index contributed by atoms with van der Waals surface area (Å²) in [6.45, 7) is 1.97. The van der Waals surface area contributed by atoms with Crippen LogP contribution in [0.1, 0.15) is 11.1 Å². The standard InChI is InChI=1S/C14H11BrClNOS/c1-8-2-4-11(16)13(6-8)18-12-5-3-9(15)7-10(12)14(17)19/h2-7H,1H3,(H2,17,19). The normalized spacial score (nSPS) is 10.3. The Hall–Kier alpha value is -1.10. The molecule has 2 aromatic carbocycles. The molecule has 0 aliphatic rings. The summed E-state index contributed by atoms with van der Waals surface area (Å²) >= 11 is 14.5. The monoisotopic (exact) mass is 355 g/mol. The highest BCUT2D eigenvalue weighted by Crippen LogP contribution is 2.33. The van der Waals surface area contributed by atoms with E-state index < -0.39 is 0 Å². The fourth-order valence-electron chi connectivity index (χ4n) is 1.59. The molecule has 2 N–H and O–H groups in total. The summed E-state index contributed by atoms with van der Waals surface area (Å²) < 4.78 is 6.70. The number of rotatable bonds is 3. The average molecular weight is 357 g/mol. The largest absolute Gasteiger partial charge is 0.455 e. The van der Waals surface area contributed by atoms with E-state index in [2.05, 4.69) is 15.9 Å². The Morgan fingerprint density at radius 1 is 1.21 bits per heavy atom. The van der Waals surface area contributed by atoms with Crippen LogP contribution in [-0.2, 0) is 0 Å². The summed E-state index contributed by atoms with van der Waals surface area (Å²) in [7, 11) is 0. The van der Waals surface area contributed by atoms with Crippen LogP contribution >= 0.6 is 39.7 Å². The smallest absolute Gasteiger partial charge is 0.146 e. The Balaban J connectivity index is 2.43. The minimum absolute atomic E-state index is 0.278. The topological polar surface area (TPSA) is 35.2 Å². The highest BCUT2D eigenvalue weighted by molar-refractivity contribution is 9.10. The molecule has 19 heavy (non-hydrogen) atoms. The van der Waals surface area contributed by atoms with Gasteiger partial charge in [0.2, 0.25) is 0 Å². The number of hydrogen-bond donors (Lipinski definition) is 1. The van der Waals surface area contributed by atoms with E-state index in [4.69, 9.17) is 34.3 Å². The van der Waals surface area contributed by atoms with Gasteiger partial charge in [0.25, 0.3) is 0 Å². The molecule has 0 unspecified atom stereocenters. The molecule has 2 nitrogen and oxygen atoms in total. The predicted octanol–water partition coefficient (Wildman–Crippen LogP) is 4.84. The molecule has 0 aliphatic carbocycles. The van der Waals surface area contributed by atoms with Crippen LogP contribution in [-0.4, -0.2) is 4.99 Å². The summed E-state index contributed by atoms with van der Waals surface area (Å²) in [6.07, 6.45) is 0. The fourth-order valence-corrected chi connectivity index (χ4v) is 2.27. The summed E-state index contributed by atoms with van der Waals surface area (Å²) in [6, 6.07) is 11.1. The molecule has 5 heteroatoms. The van der Waals surface area contributed by atoms with Crippen LogP contribution in [0.25, 0.3) is 0 Å². The van der Waals surface area contributed by atoms with Crippen molar-refractivity contribution < 1.29 is 4.74 Å². The average Bonchev–Trinajstić information content (AvgIpc) is 2.35. The van der Waals surface area contributed by atoms with Gasteiger partial charge in [0.1, 0.15) is 16.5 Å². The second-order valence-corrected chi connectivity index (χ2v) is 5.80. The van der Waals surface area contributed by atoms with Gasteiger partial charge < -0.3 is 10.5 Å². The van der Waals surface area contributed by atoms with Gasteiger partial charge in [-0.05, 0) is 42.8 Å². The molecule has 0 bridgehead atoms. The Labute approximate surface area is 130 Å². The molecular weight excluding hydrogens is 346 g/mol. The van der Waals surface area contributed by atoms with Crippen LogP contribution in [0, 0.1) is 6.92 Å².